The van der Waals surface area contributed by atoms with E-state index in [0.717, 1.165) is 33.3 Å². The average molecular weight is 552 g/mol. The van der Waals surface area contributed by atoms with Gasteiger partial charge in [0.1, 0.15) is 5.75 Å². The molecule has 3 aromatic carbocycles. The summed E-state index contributed by atoms with van der Waals surface area (Å²) in [4.78, 5) is 13.5. The second-order valence-corrected chi connectivity index (χ2v) is 9.53. The number of H-pyrrole nitrogens is 1. The number of carbonyl (C=O) groups excluding carboxylic acids is 1. The number of hydrogen-bond acceptors (Lipinski definition) is 7. The number of allylic oxidation sites excluding steroid dienone is 1. The van der Waals surface area contributed by atoms with Crippen LogP contribution >= 0.6 is 0 Å². The molecule has 5 aromatic rings. The highest BCUT2D eigenvalue weighted by atomic mass is 16.7. The Bertz CT molecular complexity index is 1610. The largest absolute Gasteiger partial charge is 0.494 e. The molecule has 210 valence electrons. The fraction of sp³-hybridized carbons (Fsp3) is 0.250. The first kappa shape index (κ1) is 27.9. The van der Waals surface area contributed by atoms with Crippen molar-refractivity contribution in [1.29, 1.82) is 0 Å². The molecule has 0 bridgehead atoms. The molecule has 0 saturated carbocycles. The number of ketones is 1. The minimum absolute atomic E-state index is 0.00432. The van der Waals surface area contributed by atoms with Crippen molar-refractivity contribution in [3.63, 3.8) is 0 Å². The van der Waals surface area contributed by atoms with Crippen LogP contribution < -0.4 is 4.74 Å². The Balaban J connectivity index is 1.30. The summed E-state index contributed by atoms with van der Waals surface area (Å²) in [5.41, 5.74) is 5.48. The molecule has 0 saturated heterocycles. The number of benzene rings is 3. The van der Waals surface area contributed by atoms with Gasteiger partial charge in [-0.1, -0.05) is 66.2 Å². The van der Waals surface area contributed by atoms with E-state index in [4.69, 9.17) is 14.2 Å². The number of nitrogens with zero attached hydrogens (tertiary/aromatic N) is 4. The van der Waals surface area contributed by atoms with Crippen LogP contribution in [0.3, 0.4) is 0 Å². The molecule has 0 aliphatic rings. The van der Waals surface area contributed by atoms with Crippen molar-refractivity contribution in [2.24, 2.45) is 0 Å². The number of nitrogens with one attached hydrogen (secondary N) is 1. The topological polar surface area (TPSA) is 104 Å². The summed E-state index contributed by atoms with van der Waals surface area (Å²) in [6, 6.07) is 21.7. The molecular weight excluding hydrogens is 518 g/mol. The predicted molar refractivity (Wildman–Crippen MR) is 157 cm³/mol. The highest BCUT2D eigenvalue weighted by Gasteiger charge is 2.18. The lowest BCUT2D eigenvalue weighted by Crippen LogP contribution is -2.11. The summed E-state index contributed by atoms with van der Waals surface area (Å²) in [5.74, 6) is 1.18. The van der Waals surface area contributed by atoms with Gasteiger partial charge in [-0.3, -0.25) is 4.79 Å². The third-order valence-corrected chi connectivity index (χ3v) is 6.62. The maximum Gasteiger partial charge on any atom is 0.221 e. The number of fused-ring (bicyclic) bond motifs is 1. The highest BCUT2D eigenvalue weighted by molar-refractivity contribution is 6.16. The van der Waals surface area contributed by atoms with E-state index in [2.05, 4.69) is 37.3 Å². The second-order valence-electron chi connectivity index (χ2n) is 9.53. The van der Waals surface area contributed by atoms with Crippen molar-refractivity contribution in [2.75, 3.05) is 13.2 Å². The van der Waals surface area contributed by atoms with Gasteiger partial charge in [0, 0.05) is 41.4 Å². The quantitative estimate of drug-likeness (QED) is 0.140. The second kappa shape index (κ2) is 13.2. The van der Waals surface area contributed by atoms with E-state index in [9.17, 15) is 4.79 Å². The van der Waals surface area contributed by atoms with Crippen LogP contribution in [0.5, 0.6) is 5.75 Å². The molecule has 0 radical (unpaired) electrons. The number of tetrazole rings is 1. The van der Waals surface area contributed by atoms with Gasteiger partial charge in [-0.25, -0.2) is 5.10 Å². The number of carbonyl (C=O) groups is 1. The Kier molecular flexibility index (Phi) is 8.98. The van der Waals surface area contributed by atoms with Crippen LogP contribution in [0.1, 0.15) is 58.6 Å². The minimum atomic E-state index is -0.654. The minimum Gasteiger partial charge on any atom is -0.494 e. The van der Waals surface area contributed by atoms with E-state index in [0.29, 0.717) is 43.3 Å². The molecule has 5 rings (SSSR count). The molecular formula is C32H33N5O4. The van der Waals surface area contributed by atoms with Crippen LogP contribution in [0.15, 0.2) is 79.0 Å². The van der Waals surface area contributed by atoms with Gasteiger partial charge in [0.15, 0.2) is 5.78 Å². The third kappa shape index (κ3) is 6.77. The zero-order valence-corrected chi connectivity index (χ0v) is 23.4. The van der Waals surface area contributed by atoms with Crippen molar-refractivity contribution in [2.45, 2.75) is 40.2 Å². The number of aryl methyl sites for hydroxylation is 1. The summed E-state index contributed by atoms with van der Waals surface area (Å²) in [5, 5.41) is 14.6. The van der Waals surface area contributed by atoms with E-state index >= 15 is 0 Å². The Morgan fingerprint density at radius 2 is 1.80 bits per heavy atom. The first-order valence-electron chi connectivity index (χ1n) is 13.6. The van der Waals surface area contributed by atoms with Gasteiger partial charge in [-0.2, -0.15) is 0 Å². The molecule has 1 atom stereocenters. The van der Waals surface area contributed by atoms with Gasteiger partial charge < -0.3 is 18.8 Å². The Morgan fingerprint density at radius 3 is 2.51 bits per heavy atom. The van der Waals surface area contributed by atoms with Crippen molar-refractivity contribution >= 4 is 22.8 Å². The zero-order chi connectivity index (χ0) is 28.6. The van der Waals surface area contributed by atoms with Gasteiger partial charge in [0.25, 0.3) is 0 Å². The maximum atomic E-state index is 13.5. The van der Waals surface area contributed by atoms with E-state index in [1.165, 1.54) is 0 Å². The van der Waals surface area contributed by atoms with Crippen molar-refractivity contribution in [3.8, 4) is 5.75 Å². The van der Waals surface area contributed by atoms with E-state index in [-0.39, 0.29) is 5.78 Å². The molecule has 0 aliphatic carbocycles. The van der Waals surface area contributed by atoms with Crippen LogP contribution in [-0.4, -0.2) is 44.2 Å². The van der Waals surface area contributed by atoms with Crippen molar-refractivity contribution < 1.29 is 19.0 Å². The smallest absolute Gasteiger partial charge is 0.221 e. The molecule has 9 nitrogen and oxygen atoms in total. The molecule has 0 aliphatic heterocycles. The van der Waals surface area contributed by atoms with Crippen LogP contribution in [-0.2, 0) is 22.6 Å². The molecule has 9 heteroatoms. The van der Waals surface area contributed by atoms with Crippen LogP contribution in [0.4, 0.5) is 0 Å². The first-order valence-corrected chi connectivity index (χ1v) is 13.6. The molecule has 2 aromatic heterocycles. The fourth-order valence-electron chi connectivity index (χ4n) is 4.55. The number of aromatic amines is 1. The normalized spacial score (nSPS) is 12.3. The van der Waals surface area contributed by atoms with E-state index < -0.39 is 6.29 Å². The van der Waals surface area contributed by atoms with Gasteiger partial charge >= 0.3 is 0 Å². The molecule has 2 heterocycles. The van der Waals surface area contributed by atoms with Gasteiger partial charge in [-0.05, 0) is 60.5 Å². The molecule has 0 unspecified atom stereocenters. The van der Waals surface area contributed by atoms with Gasteiger partial charge in [0.2, 0.25) is 12.1 Å². The van der Waals surface area contributed by atoms with Gasteiger partial charge in [0.05, 0.1) is 13.2 Å². The lowest BCUT2D eigenvalue weighted by molar-refractivity contribution is -0.155. The summed E-state index contributed by atoms with van der Waals surface area (Å²) in [6.45, 7) is 7.85. The number of hydrogen-bond donors (Lipinski definition) is 1. The predicted octanol–water partition coefficient (Wildman–Crippen LogP) is 6.06. The van der Waals surface area contributed by atoms with Gasteiger partial charge in [-0.15, -0.1) is 5.10 Å². The molecule has 1 N–H and O–H groups in total. The van der Waals surface area contributed by atoms with Crippen LogP contribution in [0, 0.1) is 6.92 Å². The summed E-state index contributed by atoms with van der Waals surface area (Å²) in [7, 11) is 0. The number of ether oxygens (including phenoxy) is 3. The molecule has 0 fully saturated rings. The van der Waals surface area contributed by atoms with E-state index in [1.54, 1.807) is 0 Å². The molecule has 0 amide bonds. The van der Waals surface area contributed by atoms with Crippen molar-refractivity contribution in [1.82, 2.24) is 25.2 Å². The Hall–Kier alpha value is -4.60. The molecule has 0 spiro atoms. The van der Waals surface area contributed by atoms with Crippen LogP contribution in [0.25, 0.3) is 17.0 Å². The zero-order valence-electron chi connectivity index (χ0n) is 23.4. The lowest BCUT2D eigenvalue weighted by atomic mass is 10.0. The Labute approximate surface area is 238 Å². The SMILES string of the molecule is CCOc1ccc2c(c1)c(C(=O)c1ccc(C)cc1)cn2C/C=C/c1ccc(CO[C@H](OCC)c2nnn[nH]2)cc1. The lowest BCUT2D eigenvalue weighted by Gasteiger charge is -2.14. The summed E-state index contributed by atoms with van der Waals surface area (Å²) >= 11 is 0. The first-order chi connectivity index (χ1) is 20.1. The monoisotopic (exact) mass is 551 g/mol. The summed E-state index contributed by atoms with van der Waals surface area (Å²) < 4.78 is 19.3. The number of rotatable bonds is 13. The summed E-state index contributed by atoms with van der Waals surface area (Å²) in [6.07, 6.45) is 5.43. The fourth-order valence-corrected chi connectivity index (χ4v) is 4.55. The Morgan fingerprint density at radius 1 is 1.00 bits per heavy atom. The standard InChI is InChI=1S/C32H33N5O4/c1-4-39-26-16-17-29-27(19-26)28(30(38)25-14-8-22(3)9-15-25)20-37(29)18-6-7-23-10-12-24(13-11-23)21-41-32(40-5-2)31-33-35-36-34-31/h6-17,19-20,32H,4-5,18,21H2,1-3H3,(H,33,34,35,36)/b7-6+/t32-/m0/s1. The average Bonchev–Trinajstić information content (AvgIpc) is 3.65. The van der Waals surface area contributed by atoms with Crippen LogP contribution in [0.2, 0.25) is 0 Å². The maximum absolute atomic E-state index is 13.5. The van der Waals surface area contributed by atoms with E-state index in [1.807, 2.05) is 93.7 Å². The highest BCUT2D eigenvalue weighted by Crippen LogP contribution is 2.28. The van der Waals surface area contributed by atoms with Crippen molar-refractivity contribution in [3.05, 3.63) is 113 Å². The third-order valence-electron chi connectivity index (χ3n) is 6.62. The number of aromatic nitrogens is 5. The molecule has 41 heavy (non-hydrogen) atoms.